The highest BCUT2D eigenvalue weighted by Crippen LogP contribution is 2.27. The summed E-state index contributed by atoms with van der Waals surface area (Å²) < 4.78 is 36.3. The van der Waals surface area contributed by atoms with Gasteiger partial charge in [0.25, 0.3) is 0 Å². The van der Waals surface area contributed by atoms with Gasteiger partial charge in [-0.15, -0.1) is 0 Å². The van der Waals surface area contributed by atoms with E-state index in [1.807, 2.05) is 50.2 Å². The van der Waals surface area contributed by atoms with Crippen molar-refractivity contribution in [3.8, 4) is 11.3 Å². The third-order valence-corrected chi connectivity index (χ3v) is 6.37. The van der Waals surface area contributed by atoms with Crippen LogP contribution in [0.25, 0.3) is 16.9 Å². The number of hydrogen-bond acceptors (Lipinski definition) is 4. The number of rotatable bonds is 8. The van der Waals surface area contributed by atoms with Crippen molar-refractivity contribution in [2.45, 2.75) is 39.5 Å². The van der Waals surface area contributed by atoms with Crippen LogP contribution in [0.1, 0.15) is 46.7 Å². The Hall–Kier alpha value is -4.33. The quantitative estimate of drug-likeness (QED) is 0.284. The lowest BCUT2D eigenvalue weighted by Gasteiger charge is -2.10. The molecule has 0 fully saturated rings. The summed E-state index contributed by atoms with van der Waals surface area (Å²) in [6, 6.07) is 15.3. The molecule has 6 nitrogen and oxygen atoms in total. The fourth-order valence-corrected chi connectivity index (χ4v) is 4.60. The van der Waals surface area contributed by atoms with Crippen molar-refractivity contribution in [2.24, 2.45) is 0 Å². The summed E-state index contributed by atoms with van der Waals surface area (Å²) in [6.45, 7) is 3.97. The first-order chi connectivity index (χ1) is 17.8. The molecule has 0 unspecified atom stereocenters. The summed E-state index contributed by atoms with van der Waals surface area (Å²) in [5, 5.41) is 9.71. The number of furan rings is 1. The molecular weight excluding hydrogens is 476 g/mol. The largest absolute Gasteiger partial charge is 0.481 e. The second-order valence-electron chi connectivity index (χ2n) is 8.95. The number of benzene rings is 2. The van der Waals surface area contributed by atoms with Crippen molar-refractivity contribution >= 4 is 11.6 Å². The zero-order valence-electron chi connectivity index (χ0n) is 20.5. The van der Waals surface area contributed by atoms with Gasteiger partial charge in [-0.2, -0.15) is 0 Å². The molecular formula is C29H25F2N3O3. The lowest BCUT2D eigenvalue weighted by Crippen LogP contribution is -2.08. The minimum absolute atomic E-state index is 0.0173. The van der Waals surface area contributed by atoms with Crippen molar-refractivity contribution in [1.82, 2.24) is 14.4 Å². The molecule has 0 aliphatic heterocycles. The van der Waals surface area contributed by atoms with Crippen molar-refractivity contribution in [3.05, 3.63) is 112 Å². The molecule has 0 saturated carbocycles. The van der Waals surface area contributed by atoms with Crippen LogP contribution in [0.15, 0.2) is 65.2 Å². The predicted octanol–water partition coefficient (Wildman–Crippen LogP) is 5.95. The van der Waals surface area contributed by atoms with Gasteiger partial charge >= 0.3 is 5.97 Å². The van der Waals surface area contributed by atoms with Crippen LogP contribution in [0.3, 0.4) is 0 Å². The van der Waals surface area contributed by atoms with E-state index in [2.05, 4.69) is 0 Å². The molecule has 3 heterocycles. The van der Waals surface area contributed by atoms with Gasteiger partial charge in [0.2, 0.25) is 0 Å². The van der Waals surface area contributed by atoms with E-state index in [4.69, 9.17) is 14.4 Å². The Balaban J connectivity index is 1.71. The summed E-state index contributed by atoms with van der Waals surface area (Å²) in [4.78, 5) is 21.4. The van der Waals surface area contributed by atoms with Crippen LogP contribution in [0.5, 0.6) is 0 Å². The van der Waals surface area contributed by atoms with Gasteiger partial charge < -0.3 is 9.52 Å². The summed E-state index contributed by atoms with van der Waals surface area (Å²) in [5.41, 5.74) is 4.35. The second kappa shape index (κ2) is 9.97. The SMILES string of the molecule is CCc1oc(Cc2nc3c(Cc4cccc(F)c4F)nc(-c4ccccc4)cn3c2CC(=O)O)cc1C. The molecule has 0 saturated heterocycles. The maximum atomic E-state index is 14.6. The molecule has 0 atom stereocenters. The van der Waals surface area contributed by atoms with Gasteiger partial charge in [-0.05, 0) is 30.2 Å². The van der Waals surface area contributed by atoms with Gasteiger partial charge in [-0.1, -0.05) is 49.4 Å². The normalized spacial score (nSPS) is 11.4. The molecule has 0 bridgehead atoms. The summed E-state index contributed by atoms with van der Waals surface area (Å²) in [6.07, 6.45) is 2.49. The Morgan fingerprint density at radius 2 is 1.81 bits per heavy atom. The molecule has 0 aliphatic carbocycles. The lowest BCUT2D eigenvalue weighted by molar-refractivity contribution is -0.136. The van der Waals surface area contributed by atoms with E-state index in [-0.39, 0.29) is 18.4 Å². The molecule has 0 aliphatic rings. The van der Waals surface area contributed by atoms with Crippen LogP contribution in [0.4, 0.5) is 8.78 Å². The summed E-state index contributed by atoms with van der Waals surface area (Å²) in [7, 11) is 0. The van der Waals surface area contributed by atoms with E-state index in [0.29, 0.717) is 40.6 Å². The molecule has 8 heteroatoms. The van der Waals surface area contributed by atoms with Gasteiger partial charge in [0.15, 0.2) is 17.3 Å². The Bertz CT molecular complexity index is 1610. The number of carboxylic acids is 1. The molecule has 0 amide bonds. The number of aliphatic carboxylic acids is 1. The third-order valence-electron chi connectivity index (χ3n) is 6.37. The van der Waals surface area contributed by atoms with E-state index in [9.17, 15) is 18.7 Å². The number of fused-ring (bicyclic) bond motifs is 1. The fourth-order valence-electron chi connectivity index (χ4n) is 4.60. The van der Waals surface area contributed by atoms with E-state index in [1.54, 1.807) is 10.6 Å². The van der Waals surface area contributed by atoms with Crippen molar-refractivity contribution in [2.75, 3.05) is 0 Å². The second-order valence-corrected chi connectivity index (χ2v) is 8.95. The van der Waals surface area contributed by atoms with Crippen LogP contribution in [0, 0.1) is 18.6 Å². The van der Waals surface area contributed by atoms with Crippen molar-refractivity contribution < 1.29 is 23.1 Å². The van der Waals surface area contributed by atoms with Crippen LogP contribution < -0.4 is 0 Å². The highest BCUT2D eigenvalue weighted by Gasteiger charge is 2.22. The minimum atomic E-state index is -1.01. The number of imidazole rings is 1. The van der Waals surface area contributed by atoms with Gasteiger partial charge in [-0.3, -0.25) is 9.20 Å². The molecule has 188 valence electrons. The number of nitrogens with zero attached hydrogens (tertiary/aromatic N) is 3. The molecule has 5 aromatic rings. The van der Waals surface area contributed by atoms with Crippen LogP contribution in [0.2, 0.25) is 0 Å². The number of aromatic nitrogens is 3. The summed E-state index contributed by atoms with van der Waals surface area (Å²) >= 11 is 0. The molecule has 1 N–H and O–H groups in total. The number of halogens is 2. The minimum Gasteiger partial charge on any atom is -0.481 e. The maximum absolute atomic E-state index is 14.6. The Morgan fingerprint density at radius 3 is 2.51 bits per heavy atom. The van der Waals surface area contributed by atoms with Crippen molar-refractivity contribution in [3.63, 3.8) is 0 Å². The van der Waals surface area contributed by atoms with Gasteiger partial charge in [0.1, 0.15) is 11.5 Å². The molecule has 2 aromatic carbocycles. The first kappa shape index (κ1) is 24.4. The van der Waals surface area contributed by atoms with E-state index < -0.39 is 17.6 Å². The zero-order valence-corrected chi connectivity index (χ0v) is 20.5. The maximum Gasteiger partial charge on any atom is 0.309 e. The highest BCUT2D eigenvalue weighted by atomic mass is 19.2. The van der Waals surface area contributed by atoms with E-state index in [1.165, 1.54) is 12.1 Å². The monoisotopic (exact) mass is 501 g/mol. The predicted molar refractivity (Wildman–Crippen MR) is 135 cm³/mol. The lowest BCUT2D eigenvalue weighted by atomic mass is 10.1. The van der Waals surface area contributed by atoms with Crippen LogP contribution in [-0.4, -0.2) is 25.4 Å². The third kappa shape index (κ3) is 4.87. The molecule has 3 aromatic heterocycles. The van der Waals surface area contributed by atoms with Crippen LogP contribution >= 0.6 is 0 Å². The number of carboxylic acid groups (broad SMARTS) is 1. The van der Waals surface area contributed by atoms with Gasteiger partial charge in [0, 0.05) is 24.6 Å². The zero-order chi connectivity index (χ0) is 26.1. The number of hydrogen-bond donors (Lipinski definition) is 1. The molecule has 5 rings (SSSR count). The number of aryl methyl sites for hydroxylation is 2. The first-order valence-corrected chi connectivity index (χ1v) is 12.0. The smallest absolute Gasteiger partial charge is 0.309 e. The van der Waals surface area contributed by atoms with E-state index >= 15 is 0 Å². The fraction of sp³-hybridized carbons (Fsp3) is 0.207. The molecule has 37 heavy (non-hydrogen) atoms. The standard InChI is InChI=1S/C29H25F2N3O3/c1-3-26-17(2)12-20(37-26)14-22-25(15-27(35)36)34-16-24(18-8-5-4-6-9-18)32-23(29(34)33-22)13-19-10-7-11-21(30)28(19)31/h4-12,16H,3,13-15H2,1-2H3,(H,35,36). The molecule has 0 spiro atoms. The molecule has 0 radical (unpaired) electrons. The summed E-state index contributed by atoms with van der Waals surface area (Å²) in [5.74, 6) is -1.34. The van der Waals surface area contributed by atoms with Crippen molar-refractivity contribution in [1.29, 1.82) is 0 Å². The average molecular weight is 502 g/mol. The average Bonchev–Trinajstić information content (AvgIpc) is 3.41. The van der Waals surface area contributed by atoms with Gasteiger partial charge in [-0.25, -0.2) is 18.7 Å². The Morgan fingerprint density at radius 1 is 1.03 bits per heavy atom. The Labute approximate surface area is 212 Å². The van der Waals surface area contributed by atoms with Gasteiger partial charge in [0.05, 0.1) is 35.6 Å². The first-order valence-electron chi connectivity index (χ1n) is 12.0. The topological polar surface area (TPSA) is 80.6 Å². The van der Waals surface area contributed by atoms with Crippen LogP contribution in [-0.2, 0) is 30.5 Å². The highest BCUT2D eigenvalue weighted by molar-refractivity contribution is 5.71. The number of carbonyl (C=O) groups is 1. The Kier molecular flexibility index (Phi) is 6.56. The van der Waals surface area contributed by atoms with E-state index in [0.717, 1.165) is 29.4 Å².